The van der Waals surface area contributed by atoms with Gasteiger partial charge in [-0.1, -0.05) is 6.92 Å². The van der Waals surface area contributed by atoms with E-state index in [0.29, 0.717) is 6.61 Å². The number of ketones is 1. The number of thiophene rings is 1. The molecule has 1 atom stereocenters. The zero-order chi connectivity index (χ0) is 11.5. The number of nitrogens with zero attached hydrogens (tertiary/aromatic N) is 1. The first kappa shape index (κ1) is 11.8. The molecule has 1 aliphatic heterocycles. The van der Waals surface area contributed by atoms with E-state index in [9.17, 15) is 4.79 Å². The van der Waals surface area contributed by atoms with E-state index < -0.39 is 0 Å². The molecule has 0 saturated carbocycles. The van der Waals surface area contributed by atoms with Crippen LogP contribution in [0.1, 0.15) is 22.2 Å². The van der Waals surface area contributed by atoms with Gasteiger partial charge in [-0.3, -0.25) is 9.69 Å². The van der Waals surface area contributed by atoms with Crippen LogP contribution in [0.4, 0.5) is 0 Å². The molecule has 0 spiro atoms. The normalized spacial score (nSPS) is 22.2. The van der Waals surface area contributed by atoms with E-state index >= 15 is 0 Å². The Balaban J connectivity index is 2.07. The number of hydrogen-bond acceptors (Lipinski definition) is 4. The zero-order valence-corrected chi connectivity index (χ0v) is 10.5. The van der Waals surface area contributed by atoms with E-state index in [0.717, 1.165) is 30.1 Å². The van der Waals surface area contributed by atoms with Gasteiger partial charge < -0.3 is 4.74 Å². The molecule has 0 aliphatic carbocycles. The molecule has 2 heterocycles. The summed E-state index contributed by atoms with van der Waals surface area (Å²) < 4.78 is 5.57. The van der Waals surface area contributed by atoms with E-state index in [1.165, 1.54) is 11.3 Å². The number of aryl methyl sites for hydroxylation is 1. The molecule has 16 heavy (non-hydrogen) atoms. The third-order valence-corrected chi connectivity index (χ3v) is 4.01. The maximum atomic E-state index is 12.2. The van der Waals surface area contributed by atoms with Crippen LogP contribution in [0.25, 0.3) is 0 Å². The molecule has 1 fully saturated rings. The van der Waals surface area contributed by atoms with Crippen LogP contribution >= 0.6 is 11.3 Å². The molecular formula is C12H17NO2S. The Morgan fingerprint density at radius 3 is 3.12 bits per heavy atom. The van der Waals surface area contributed by atoms with Crippen molar-refractivity contribution in [2.75, 3.05) is 26.2 Å². The Kier molecular flexibility index (Phi) is 3.74. The maximum Gasteiger partial charge on any atom is 0.203 e. The summed E-state index contributed by atoms with van der Waals surface area (Å²) in [5.74, 6) is 0.144. The molecule has 1 aromatic rings. The molecule has 2 rings (SSSR count). The van der Waals surface area contributed by atoms with Gasteiger partial charge >= 0.3 is 0 Å². The molecule has 4 heteroatoms. The minimum Gasteiger partial charge on any atom is -0.367 e. The summed E-state index contributed by atoms with van der Waals surface area (Å²) in [6.45, 7) is 7.40. The molecule has 0 N–H and O–H groups in total. The Bertz CT molecular complexity index is 375. The predicted octanol–water partition coefficient (Wildman–Crippen LogP) is 1.96. The molecule has 1 aliphatic rings. The van der Waals surface area contributed by atoms with Crippen molar-refractivity contribution in [1.82, 2.24) is 4.90 Å². The number of hydrogen-bond donors (Lipinski definition) is 0. The SMILES string of the molecule is CCN1CCOC(C(=O)c2sccc2C)C1. The highest BCUT2D eigenvalue weighted by atomic mass is 32.1. The number of rotatable bonds is 3. The number of likely N-dealkylation sites (N-methyl/N-ethyl adjacent to an activating group) is 1. The first-order valence-corrected chi connectivity index (χ1v) is 6.52. The maximum absolute atomic E-state index is 12.2. The number of Topliss-reactive ketones (excluding diaryl/α,β-unsaturated/α-hetero) is 1. The van der Waals surface area contributed by atoms with Gasteiger partial charge in [0, 0.05) is 13.1 Å². The Hall–Kier alpha value is -0.710. The summed E-state index contributed by atoms with van der Waals surface area (Å²) >= 11 is 1.51. The molecule has 0 aromatic carbocycles. The molecule has 1 unspecified atom stereocenters. The summed E-state index contributed by atoms with van der Waals surface area (Å²) in [6.07, 6.45) is -0.272. The molecule has 0 amide bonds. The van der Waals surface area contributed by atoms with Crippen molar-refractivity contribution < 1.29 is 9.53 Å². The van der Waals surface area contributed by atoms with Crippen molar-refractivity contribution in [3.8, 4) is 0 Å². The average Bonchev–Trinajstić information content (AvgIpc) is 2.74. The van der Waals surface area contributed by atoms with Gasteiger partial charge in [-0.25, -0.2) is 0 Å². The fourth-order valence-corrected chi connectivity index (χ4v) is 2.83. The summed E-state index contributed by atoms with van der Waals surface area (Å²) in [5.41, 5.74) is 1.06. The van der Waals surface area contributed by atoms with Crippen molar-refractivity contribution in [2.24, 2.45) is 0 Å². The van der Waals surface area contributed by atoms with Gasteiger partial charge in [0.15, 0.2) is 0 Å². The lowest BCUT2D eigenvalue weighted by Gasteiger charge is -2.31. The molecule has 1 aromatic heterocycles. The van der Waals surface area contributed by atoms with E-state index in [2.05, 4.69) is 11.8 Å². The summed E-state index contributed by atoms with van der Waals surface area (Å²) in [5, 5.41) is 1.96. The second-order valence-corrected chi connectivity index (χ2v) is 4.97. The lowest BCUT2D eigenvalue weighted by molar-refractivity contribution is -0.0146. The summed E-state index contributed by atoms with van der Waals surface area (Å²) in [6, 6.07) is 1.98. The van der Waals surface area contributed by atoms with E-state index in [1.54, 1.807) is 0 Å². The summed E-state index contributed by atoms with van der Waals surface area (Å²) in [7, 11) is 0. The van der Waals surface area contributed by atoms with Gasteiger partial charge in [0.1, 0.15) is 6.10 Å². The van der Waals surface area contributed by atoms with Crippen molar-refractivity contribution in [3.63, 3.8) is 0 Å². The predicted molar refractivity (Wildman–Crippen MR) is 65.2 cm³/mol. The van der Waals surface area contributed by atoms with Crippen molar-refractivity contribution in [3.05, 3.63) is 21.9 Å². The first-order valence-electron chi connectivity index (χ1n) is 5.64. The van der Waals surface area contributed by atoms with Crippen molar-refractivity contribution >= 4 is 17.1 Å². The molecule has 3 nitrogen and oxygen atoms in total. The van der Waals surface area contributed by atoms with Crippen LogP contribution in [-0.4, -0.2) is 43.0 Å². The lowest BCUT2D eigenvalue weighted by atomic mass is 10.1. The lowest BCUT2D eigenvalue weighted by Crippen LogP contribution is -2.45. The molecule has 0 radical (unpaired) electrons. The second kappa shape index (κ2) is 5.08. The molecular weight excluding hydrogens is 222 g/mol. The molecule has 0 bridgehead atoms. The van der Waals surface area contributed by atoms with Crippen LogP contribution < -0.4 is 0 Å². The van der Waals surface area contributed by atoms with Gasteiger partial charge in [0.2, 0.25) is 5.78 Å². The second-order valence-electron chi connectivity index (χ2n) is 4.05. The highest BCUT2D eigenvalue weighted by Crippen LogP contribution is 2.20. The van der Waals surface area contributed by atoms with Crippen molar-refractivity contribution in [2.45, 2.75) is 20.0 Å². The van der Waals surface area contributed by atoms with Gasteiger partial charge in [0.25, 0.3) is 0 Å². The standard InChI is InChI=1S/C12H17NO2S/c1-3-13-5-6-15-10(8-13)11(14)12-9(2)4-7-16-12/h4,7,10H,3,5-6,8H2,1-2H3. The van der Waals surface area contributed by atoms with E-state index in [-0.39, 0.29) is 11.9 Å². The minimum atomic E-state index is -0.272. The smallest absolute Gasteiger partial charge is 0.203 e. The van der Waals surface area contributed by atoms with Gasteiger partial charge in [-0.05, 0) is 30.5 Å². The monoisotopic (exact) mass is 239 g/mol. The average molecular weight is 239 g/mol. The molecule has 88 valence electrons. The highest BCUT2D eigenvalue weighted by Gasteiger charge is 2.28. The third kappa shape index (κ3) is 2.34. The fourth-order valence-electron chi connectivity index (χ4n) is 1.92. The van der Waals surface area contributed by atoms with Crippen LogP contribution in [0.5, 0.6) is 0 Å². The van der Waals surface area contributed by atoms with Gasteiger partial charge in [-0.15, -0.1) is 11.3 Å². The van der Waals surface area contributed by atoms with E-state index in [4.69, 9.17) is 4.74 Å². The number of morpholine rings is 1. The largest absolute Gasteiger partial charge is 0.367 e. The Morgan fingerprint density at radius 1 is 1.69 bits per heavy atom. The number of carbonyl (C=O) groups is 1. The number of ether oxygens (including phenoxy) is 1. The first-order chi connectivity index (χ1) is 7.72. The van der Waals surface area contributed by atoms with Gasteiger partial charge in [-0.2, -0.15) is 0 Å². The molecule has 1 saturated heterocycles. The number of carbonyl (C=O) groups excluding carboxylic acids is 1. The topological polar surface area (TPSA) is 29.5 Å². The van der Waals surface area contributed by atoms with Gasteiger partial charge in [0.05, 0.1) is 11.5 Å². The Labute approximate surface area is 100 Å². The fraction of sp³-hybridized carbons (Fsp3) is 0.583. The van der Waals surface area contributed by atoms with Crippen molar-refractivity contribution in [1.29, 1.82) is 0 Å². The highest BCUT2D eigenvalue weighted by molar-refractivity contribution is 7.12. The summed E-state index contributed by atoms with van der Waals surface area (Å²) in [4.78, 5) is 15.3. The quantitative estimate of drug-likeness (QED) is 0.755. The van der Waals surface area contributed by atoms with Crippen LogP contribution in [0, 0.1) is 6.92 Å². The van der Waals surface area contributed by atoms with Crippen LogP contribution in [0.3, 0.4) is 0 Å². The van der Waals surface area contributed by atoms with Crippen LogP contribution in [0.15, 0.2) is 11.4 Å². The third-order valence-electron chi connectivity index (χ3n) is 2.98. The minimum absolute atomic E-state index is 0.144. The van der Waals surface area contributed by atoms with Crippen LogP contribution in [0.2, 0.25) is 0 Å². The zero-order valence-electron chi connectivity index (χ0n) is 9.73. The Morgan fingerprint density at radius 2 is 2.50 bits per heavy atom. The van der Waals surface area contributed by atoms with Crippen LogP contribution in [-0.2, 0) is 4.74 Å². The van der Waals surface area contributed by atoms with E-state index in [1.807, 2.05) is 18.4 Å².